The van der Waals surface area contributed by atoms with Crippen LogP contribution >= 0.6 is 0 Å². The molecule has 6 heteroatoms. The predicted octanol–water partition coefficient (Wildman–Crippen LogP) is 2.18. The fourth-order valence-electron chi connectivity index (χ4n) is 2.51. The molecule has 0 unspecified atom stereocenters. The number of anilines is 1. The number of hydrogen-bond donors (Lipinski definition) is 2. The summed E-state index contributed by atoms with van der Waals surface area (Å²) in [6.07, 6.45) is 3.74. The number of aliphatic hydroxyl groups is 1. The van der Waals surface area contributed by atoms with Crippen LogP contribution in [-0.2, 0) is 0 Å². The number of rotatable bonds is 4. The quantitative estimate of drug-likeness (QED) is 0.639. The zero-order chi connectivity index (χ0) is 13.9. The van der Waals surface area contributed by atoms with E-state index in [9.17, 15) is 15.2 Å². The fraction of sp³-hybridized carbons (Fsp3) is 0.462. The molecule has 0 amide bonds. The molecule has 0 aliphatic heterocycles. The molecular formula is C13H15N3O3. The Kier molecular flexibility index (Phi) is 3.67. The molecular weight excluding hydrogens is 246 g/mol. The van der Waals surface area contributed by atoms with Crippen molar-refractivity contribution in [1.82, 2.24) is 0 Å². The first kappa shape index (κ1) is 13.3. The van der Waals surface area contributed by atoms with Gasteiger partial charge in [0.15, 0.2) is 0 Å². The van der Waals surface area contributed by atoms with E-state index in [2.05, 4.69) is 5.32 Å². The van der Waals surface area contributed by atoms with E-state index in [-0.39, 0.29) is 17.9 Å². The van der Waals surface area contributed by atoms with E-state index >= 15 is 0 Å². The topological polar surface area (TPSA) is 99.2 Å². The lowest BCUT2D eigenvalue weighted by Gasteiger charge is -2.29. The molecule has 19 heavy (non-hydrogen) atoms. The van der Waals surface area contributed by atoms with Crippen molar-refractivity contribution < 1.29 is 10.0 Å². The van der Waals surface area contributed by atoms with Gasteiger partial charge >= 0.3 is 0 Å². The van der Waals surface area contributed by atoms with Gasteiger partial charge in [-0.3, -0.25) is 10.1 Å². The SMILES string of the molecule is N#Cc1cc([N+](=O)[O-])ccc1NC1(CO)CCCC1. The second-order valence-corrected chi connectivity index (χ2v) is 4.87. The van der Waals surface area contributed by atoms with Gasteiger partial charge in [0.2, 0.25) is 0 Å². The third kappa shape index (κ3) is 2.66. The molecule has 1 aliphatic carbocycles. The van der Waals surface area contributed by atoms with Crippen molar-refractivity contribution in [3.63, 3.8) is 0 Å². The molecule has 6 nitrogen and oxygen atoms in total. The van der Waals surface area contributed by atoms with Crippen LogP contribution in [0.25, 0.3) is 0 Å². The Morgan fingerprint density at radius 2 is 2.16 bits per heavy atom. The Morgan fingerprint density at radius 3 is 2.68 bits per heavy atom. The average Bonchev–Trinajstić information content (AvgIpc) is 2.88. The van der Waals surface area contributed by atoms with Crippen LogP contribution in [0.15, 0.2) is 18.2 Å². The standard InChI is InChI=1S/C13H15N3O3/c14-8-10-7-11(16(18)19)3-4-12(10)15-13(9-17)5-1-2-6-13/h3-4,7,15,17H,1-2,5-6,9H2. The maximum absolute atomic E-state index is 10.7. The number of nitriles is 1. The average molecular weight is 261 g/mol. The summed E-state index contributed by atoms with van der Waals surface area (Å²) in [6.45, 7) is -0.00510. The fourth-order valence-corrected chi connectivity index (χ4v) is 2.51. The first-order chi connectivity index (χ1) is 9.10. The van der Waals surface area contributed by atoms with Crippen LogP contribution < -0.4 is 5.32 Å². The van der Waals surface area contributed by atoms with Gasteiger partial charge in [0, 0.05) is 12.1 Å². The molecule has 0 heterocycles. The summed E-state index contributed by atoms with van der Waals surface area (Å²) >= 11 is 0. The molecule has 1 aromatic rings. The molecule has 1 aromatic carbocycles. The lowest BCUT2D eigenvalue weighted by Crippen LogP contribution is -2.39. The van der Waals surface area contributed by atoms with Crippen LogP contribution in [0.2, 0.25) is 0 Å². The minimum Gasteiger partial charge on any atom is -0.394 e. The lowest BCUT2D eigenvalue weighted by molar-refractivity contribution is -0.384. The lowest BCUT2D eigenvalue weighted by atomic mass is 9.97. The Bertz CT molecular complexity index is 530. The van der Waals surface area contributed by atoms with E-state index < -0.39 is 10.5 Å². The molecule has 0 atom stereocenters. The summed E-state index contributed by atoms with van der Waals surface area (Å²) in [7, 11) is 0. The molecule has 1 fully saturated rings. The smallest absolute Gasteiger partial charge is 0.270 e. The second kappa shape index (κ2) is 5.24. The predicted molar refractivity (Wildman–Crippen MR) is 69.7 cm³/mol. The van der Waals surface area contributed by atoms with E-state index in [0.29, 0.717) is 5.69 Å². The molecule has 2 rings (SSSR count). The van der Waals surface area contributed by atoms with Gasteiger partial charge in [0.05, 0.1) is 28.3 Å². The molecule has 0 bridgehead atoms. The van der Waals surface area contributed by atoms with Crippen LogP contribution in [0.5, 0.6) is 0 Å². The van der Waals surface area contributed by atoms with E-state index in [1.165, 1.54) is 18.2 Å². The maximum atomic E-state index is 10.7. The number of nitro groups is 1. The van der Waals surface area contributed by atoms with E-state index in [0.717, 1.165) is 25.7 Å². The Hall–Kier alpha value is -2.13. The number of benzene rings is 1. The summed E-state index contributed by atoms with van der Waals surface area (Å²) in [5, 5.41) is 32.5. The van der Waals surface area contributed by atoms with Crippen LogP contribution in [0.1, 0.15) is 31.2 Å². The van der Waals surface area contributed by atoms with Gasteiger partial charge in [0.25, 0.3) is 5.69 Å². The van der Waals surface area contributed by atoms with Gasteiger partial charge < -0.3 is 10.4 Å². The Morgan fingerprint density at radius 1 is 1.47 bits per heavy atom. The number of aliphatic hydroxyl groups excluding tert-OH is 1. The third-order valence-electron chi connectivity index (χ3n) is 3.60. The van der Waals surface area contributed by atoms with Crippen LogP contribution in [0.3, 0.4) is 0 Å². The molecule has 100 valence electrons. The number of nitrogens with one attached hydrogen (secondary N) is 1. The van der Waals surface area contributed by atoms with Gasteiger partial charge in [0.1, 0.15) is 6.07 Å². The first-order valence-electron chi connectivity index (χ1n) is 6.18. The van der Waals surface area contributed by atoms with Gasteiger partial charge in [-0.1, -0.05) is 12.8 Å². The summed E-state index contributed by atoms with van der Waals surface area (Å²) < 4.78 is 0. The van der Waals surface area contributed by atoms with Crippen molar-refractivity contribution in [3.8, 4) is 6.07 Å². The van der Waals surface area contributed by atoms with Gasteiger partial charge in [-0.2, -0.15) is 5.26 Å². The summed E-state index contributed by atoms with van der Waals surface area (Å²) in [4.78, 5) is 10.2. The van der Waals surface area contributed by atoms with Crippen molar-refractivity contribution in [1.29, 1.82) is 5.26 Å². The molecule has 0 radical (unpaired) electrons. The Labute approximate surface area is 110 Å². The van der Waals surface area contributed by atoms with Crippen molar-refractivity contribution in [2.45, 2.75) is 31.2 Å². The minimum absolute atomic E-state index is 0.00510. The van der Waals surface area contributed by atoms with E-state index in [1.807, 2.05) is 6.07 Å². The van der Waals surface area contributed by atoms with Crippen molar-refractivity contribution in [3.05, 3.63) is 33.9 Å². The van der Waals surface area contributed by atoms with E-state index in [4.69, 9.17) is 5.26 Å². The highest BCUT2D eigenvalue weighted by Crippen LogP contribution is 2.34. The van der Waals surface area contributed by atoms with Crippen molar-refractivity contribution in [2.75, 3.05) is 11.9 Å². The van der Waals surface area contributed by atoms with Gasteiger partial charge in [-0.05, 0) is 18.9 Å². The zero-order valence-electron chi connectivity index (χ0n) is 10.4. The van der Waals surface area contributed by atoms with E-state index in [1.54, 1.807) is 0 Å². The number of hydrogen-bond acceptors (Lipinski definition) is 5. The minimum atomic E-state index is -0.526. The largest absolute Gasteiger partial charge is 0.394 e. The van der Waals surface area contributed by atoms with Crippen LogP contribution in [0.4, 0.5) is 11.4 Å². The van der Waals surface area contributed by atoms with Gasteiger partial charge in [-0.25, -0.2) is 0 Å². The zero-order valence-corrected chi connectivity index (χ0v) is 10.4. The highest BCUT2D eigenvalue weighted by Gasteiger charge is 2.33. The first-order valence-corrected chi connectivity index (χ1v) is 6.18. The number of non-ortho nitro benzene ring substituents is 1. The third-order valence-corrected chi connectivity index (χ3v) is 3.60. The summed E-state index contributed by atoms with van der Waals surface area (Å²) in [6, 6.07) is 6.11. The molecule has 1 saturated carbocycles. The molecule has 2 N–H and O–H groups in total. The normalized spacial score (nSPS) is 16.8. The highest BCUT2D eigenvalue weighted by molar-refractivity contribution is 5.62. The van der Waals surface area contributed by atoms with Gasteiger partial charge in [-0.15, -0.1) is 0 Å². The van der Waals surface area contributed by atoms with Crippen molar-refractivity contribution in [2.24, 2.45) is 0 Å². The highest BCUT2D eigenvalue weighted by atomic mass is 16.6. The summed E-state index contributed by atoms with van der Waals surface area (Å²) in [5.41, 5.74) is 0.270. The molecule has 1 aliphatic rings. The molecule has 0 saturated heterocycles. The number of nitro benzene ring substituents is 1. The number of nitrogens with zero attached hydrogens (tertiary/aromatic N) is 2. The van der Waals surface area contributed by atoms with Crippen LogP contribution in [-0.4, -0.2) is 22.2 Å². The molecule has 0 spiro atoms. The second-order valence-electron chi connectivity index (χ2n) is 4.87. The Balaban J connectivity index is 2.30. The monoisotopic (exact) mass is 261 g/mol. The van der Waals surface area contributed by atoms with Crippen LogP contribution in [0, 0.1) is 21.4 Å². The maximum Gasteiger partial charge on any atom is 0.270 e. The molecule has 0 aromatic heterocycles. The van der Waals surface area contributed by atoms with Crippen molar-refractivity contribution >= 4 is 11.4 Å². The summed E-state index contributed by atoms with van der Waals surface area (Å²) in [5.74, 6) is 0.